The van der Waals surface area contributed by atoms with Crippen LogP contribution in [0, 0.1) is 6.92 Å². The van der Waals surface area contributed by atoms with E-state index in [4.69, 9.17) is 0 Å². The molecule has 0 aliphatic carbocycles. The molecule has 1 atom stereocenters. The van der Waals surface area contributed by atoms with Crippen LogP contribution in [0.1, 0.15) is 19.4 Å². The van der Waals surface area contributed by atoms with Gasteiger partial charge in [-0.3, -0.25) is 4.79 Å². The van der Waals surface area contributed by atoms with Gasteiger partial charge in [-0.1, -0.05) is 0 Å². The molecular formula is C19H23N5O2. The number of aliphatic hydroxyl groups excluding tert-OH is 1. The lowest BCUT2D eigenvalue weighted by molar-refractivity contribution is 0.281. The number of aromatic nitrogens is 3. The van der Waals surface area contributed by atoms with Crippen molar-refractivity contribution in [3.63, 3.8) is 0 Å². The average Bonchev–Trinajstić information content (AvgIpc) is 2.61. The van der Waals surface area contributed by atoms with Crippen molar-refractivity contribution in [2.45, 2.75) is 33.4 Å². The topological polar surface area (TPSA) is 92.1 Å². The fourth-order valence-electron chi connectivity index (χ4n) is 2.73. The van der Waals surface area contributed by atoms with Crippen molar-refractivity contribution >= 4 is 28.2 Å². The first-order valence-electron chi connectivity index (χ1n) is 8.63. The predicted molar refractivity (Wildman–Crippen MR) is 104 cm³/mol. The molecule has 0 saturated carbocycles. The summed E-state index contributed by atoms with van der Waals surface area (Å²) in [6.07, 6.45) is 3.50. The van der Waals surface area contributed by atoms with E-state index in [1.54, 1.807) is 17.0 Å². The van der Waals surface area contributed by atoms with Crippen LogP contribution < -0.4 is 16.2 Å². The molecule has 0 radical (unpaired) electrons. The van der Waals surface area contributed by atoms with Gasteiger partial charge in [-0.15, -0.1) is 0 Å². The van der Waals surface area contributed by atoms with Gasteiger partial charge < -0.3 is 20.3 Å². The molecule has 3 aromatic rings. The fourth-order valence-corrected chi connectivity index (χ4v) is 2.73. The highest BCUT2D eigenvalue weighted by Crippen LogP contribution is 2.24. The fraction of sp³-hybridized carbons (Fsp3) is 0.316. The van der Waals surface area contributed by atoms with E-state index in [0.717, 1.165) is 10.9 Å². The van der Waals surface area contributed by atoms with E-state index in [1.165, 1.54) is 0 Å². The van der Waals surface area contributed by atoms with E-state index in [-0.39, 0.29) is 18.2 Å². The lowest BCUT2D eigenvalue weighted by Crippen LogP contribution is -2.24. The molecule has 0 fully saturated rings. The van der Waals surface area contributed by atoms with Gasteiger partial charge >= 0.3 is 0 Å². The van der Waals surface area contributed by atoms with Gasteiger partial charge in [0.05, 0.1) is 12.0 Å². The molecule has 0 aliphatic rings. The summed E-state index contributed by atoms with van der Waals surface area (Å²) < 4.78 is 1.63. The molecule has 0 aromatic carbocycles. The second-order valence-electron chi connectivity index (χ2n) is 6.30. The summed E-state index contributed by atoms with van der Waals surface area (Å²) in [7, 11) is 0. The van der Waals surface area contributed by atoms with Crippen LogP contribution in [0.4, 0.5) is 17.5 Å². The highest BCUT2D eigenvalue weighted by Gasteiger charge is 2.13. The zero-order chi connectivity index (χ0) is 18.7. The van der Waals surface area contributed by atoms with E-state index < -0.39 is 0 Å². The molecule has 3 aromatic heterocycles. The summed E-state index contributed by atoms with van der Waals surface area (Å²) in [5, 5.41) is 17.0. The molecule has 0 aliphatic heterocycles. The molecule has 0 saturated heterocycles. The molecule has 0 spiro atoms. The largest absolute Gasteiger partial charge is 0.394 e. The van der Waals surface area contributed by atoms with Gasteiger partial charge in [0.15, 0.2) is 0 Å². The maximum absolute atomic E-state index is 12.8. The quantitative estimate of drug-likeness (QED) is 0.631. The monoisotopic (exact) mass is 353 g/mol. The van der Waals surface area contributed by atoms with Crippen LogP contribution >= 0.6 is 0 Å². The summed E-state index contributed by atoms with van der Waals surface area (Å²) in [6.45, 7) is 6.26. The number of anilines is 3. The number of hydrogen-bond acceptors (Lipinski definition) is 6. The first-order chi connectivity index (χ1) is 12.5. The van der Waals surface area contributed by atoms with E-state index in [2.05, 4.69) is 20.6 Å². The third-order valence-corrected chi connectivity index (χ3v) is 4.13. The lowest BCUT2D eigenvalue weighted by atomic mass is 10.2. The number of pyridine rings is 3. The Morgan fingerprint density at radius 1 is 1.27 bits per heavy atom. The molecular weight excluding hydrogens is 330 g/mol. The van der Waals surface area contributed by atoms with Crippen molar-refractivity contribution in [1.29, 1.82) is 0 Å². The Morgan fingerprint density at radius 3 is 2.77 bits per heavy atom. The molecule has 7 heteroatoms. The summed E-state index contributed by atoms with van der Waals surface area (Å²) in [6, 6.07) is 7.33. The Hall–Kier alpha value is -2.93. The van der Waals surface area contributed by atoms with E-state index in [9.17, 15) is 9.90 Å². The molecule has 0 amide bonds. The number of nitrogens with zero attached hydrogens (tertiary/aromatic N) is 3. The summed E-state index contributed by atoms with van der Waals surface area (Å²) in [4.78, 5) is 21.6. The molecule has 3 N–H and O–H groups in total. The number of hydrogen-bond donors (Lipinski definition) is 3. The predicted octanol–water partition coefficient (Wildman–Crippen LogP) is 2.66. The summed E-state index contributed by atoms with van der Waals surface area (Å²) in [5.74, 6) is 1.71. The Morgan fingerprint density at radius 2 is 2.08 bits per heavy atom. The van der Waals surface area contributed by atoms with Gasteiger partial charge in [0.2, 0.25) is 0 Å². The van der Waals surface area contributed by atoms with Crippen molar-refractivity contribution in [1.82, 2.24) is 14.5 Å². The zero-order valence-electron chi connectivity index (χ0n) is 15.2. The maximum Gasteiger partial charge on any atom is 0.262 e. The van der Waals surface area contributed by atoms with Crippen LogP contribution in [0.3, 0.4) is 0 Å². The Bertz CT molecular complexity index is 983. The lowest BCUT2D eigenvalue weighted by Gasteiger charge is -2.16. The highest BCUT2D eigenvalue weighted by molar-refractivity contribution is 5.93. The van der Waals surface area contributed by atoms with E-state index in [1.807, 2.05) is 45.0 Å². The van der Waals surface area contributed by atoms with Gasteiger partial charge in [0.1, 0.15) is 17.5 Å². The molecule has 3 heterocycles. The Labute approximate surface area is 151 Å². The maximum atomic E-state index is 12.8. The van der Waals surface area contributed by atoms with Gasteiger partial charge in [-0.05, 0) is 56.0 Å². The standard InChI is InChI=1S/C19H23N5O2/c1-4-24-8-6-14-10-16(22-15-9-12(2)5-7-20-15)23-18(17(14)19(24)26)21-13(3)11-25/h5-10,13,25H,4,11H2,1-3H3,(H2,20,21,22,23)/t13-/m0/s1. The number of fused-ring (bicyclic) bond motifs is 1. The number of nitrogens with one attached hydrogen (secondary N) is 2. The van der Waals surface area contributed by atoms with Gasteiger partial charge in [0.25, 0.3) is 5.56 Å². The van der Waals surface area contributed by atoms with Crippen LogP contribution in [0.25, 0.3) is 10.8 Å². The van der Waals surface area contributed by atoms with Crippen LogP contribution in [0.5, 0.6) is 0 Å². The third kappa shape index (κ3) is 3.67. The van der Waals surface area contributed by atoms with Crippen LogP contribution in [0.15, 0.2) is 41.5 Å². The van der Waals surface area contributed by atoms with Crippen molar-refractivity contribution in [3.05, 3.63) is 52.6 Å². The first kappa shape index (κ1) is 17.9. The average molecular weight is 353 g/mol. The third-order valence-electron chi connectivity index (χ3n) is 4.13. The second-order valence-corrected chi connectivity index (χ2v) is 6.30. The highest BCUT2D eigenvalue weighted by atomic mass is 16.3. The minimum Gasteiger partial charge on any atom is -0.394 e. The summed E-state index contributed by atoms with van der Waals surface area (Å²) in [5.41, 5.74) is 0.978. The van der Waals surface area contributed by atoms with E-state index in [0.29, 0.717) is 29.4 Å². The van der Waals surface area contributed by atoms with Gasteiger partial charge in [-0.2, -0.15) is 0 Å². The number of rotatable bonds is 6. The first-order valence-corrected chi connectivity index (χ1v) is 8.63. The van der Waals surface area contributed by atoms with Crippen LogP contribution in [0.2, 0.25) is 0 Å². The summed E-state index contributed by atoms with van der Waals surface area (Å²) >= 11 is 0. The van der Waals surface area contributed by atoms with Gasteiger partial charge in [0, 0.05) is 25.0 Å². The minimum absolute atomic E-state index is 0.0604. The number of aryl methyl sites for hydroxylation is 2. The molecule has 3 rings (SSSR count). The van der Waals surface area contributed by atoms with Crippen molar-refractivity contribution < 1.29 is 5.11 Å². The van der Waals surface area contributed by atoms with Crippen LogP contribution in [-0.4, -0.2) is 32.3 Å². The van der Waals surface area contributed by atoms with Crippen LogP contribution in [-0.2, 0) is 6.54 Å². The van der Waals surface area contributed by atoms with Crippen molar-refractivity contribution in [2.75, 3.05) is 17.2 Å². The molecule has 0 unspecified atom stereocenters. The smallest absolute Gasteiger partial charge is 0.262 e. The Balaban J connectivity index is 2.12. The van der Waals surface area contributed by atoms with Crippen molar-refractivity contribution in [3.8, 4) is 0 Å². The Kier molecular flexibility index (Phi) is 5.18. The van der Waals surface area contributed by atoms with Crippen molar-refractivity contribution in [2.24, 2.45) is 0 Å². The van der Waals surface area contributed by atoms with E-state index >= 15 is 0 Å². The molecule has 136 valence electrons. The molecule has 26 heavy (non-hydrogen) atoms. The second kappa shape index (κ2) is 7.53. The SMILES string of the molecule is CCn1ccc2cc(Nc3cc(C)ccn3)nc(N[C@@H](C)CO)c2c1=O. The molecule has 7 nitrogen and oxygen atoms in total. The number of aliphatic hydroxyl groups is 1. The van der Waals surface area contributed by atoms with Gasteiger partial charge in [-0.25, -0.2) is 9.97 Å². The molecule has 0 bridgehead atoms. The minimum atomic E-state index is -0.229. The zero-order valence-corrected chi connectivity index (χ0v) is 15.2. The normalized spacial score (nSPS) is 12.2.